The Morgan fingerprint density at radius 1 is 1.06 bits per heavy atom. The first-order chi connectivity index (χ1) is 14.1. The number of benzene rings is 1. The van der Waals surface area contributed by atoms with Gasteiger partial charge in [0.1, 0.15) is 18.2 Å². The minimum absolute atomic E-state index is 0. The van der Waals surface area contributed by atoms with Crippen LogP contribution >= 0.6 is 24.8 Å². The van der Waals surface area contributed by atoms with Crippen LogP contribution in [0.1, 0.15) is 48.9 Å². The zero-order valence-corrected chi connectivity index (χ0v) is 19.5. The lowest BCUT2D eigenvalue weighted by Crippen LogP contribution is -2.62. The number of ether oxygens (including phenoxy) is 1. The van der Waals surface area contributed by atoms with Gasteiger partial charge in [-0.05, 0) is 68.1 Å². The summed E-state index contributed by atoms with van der Waals surface area (Å²) in [5.74, 6) is 1.91. The highest BCUT2D eigenvalue weighted by Gasteiger charge is 2.48. The van der Waals surface area contributed by atoms with Crippen molar-refractivity contribution in [3.8, 4) is 5.75 Å². The number of carbonyl (C=O) groups is 1. The van der Waals surface area contributed by atoms with Crippen LogP contribution < -0.4 is 10.5 Å². The monoisotopic (exact) mass is 473 g/mol. The predicted molar refractivity (Wildman–Crippen MR) is 124 cm³/mol. The summed E-state index contributed by atoms with van der Waals surface area (Å²) in [6.45, 7) is 3.34. The molecule has 1 aromatic carbocycles. The van der Waals surface area contributed by atoms with Gasteiger partial charge in [-0.3, -0.25) is 9.69 Å². The Kier molecular flexibility index (Phi) is 8.11. The first-order valence-corrected chi connectivity index (χ1v) is 11.3. The molecule has 2 bridgehead atoms. The fraction of sp³-hybridized carbons (Fsp3) is 0.696. The number of hydrogen-bond donors (Lipinski definition) is 1. The van der Waals surface area contributed by atoms with E-state index in [0.29, 0.717) is 42.3 Å². The number of likely N-dealkylation sites (tertiary alicyclic amines) is 1. The molecule has 8 heteroatoms. The van der Waals surface area contributed by atoms with Gasteiger partial charge in [0, 0.05) is 38.3 Å². The van der Waals surface area contributed by atoms with E-state index in [4.69, 9.17) is 10.5 Å². The lowest BCUT2D eigenvalue weighted by molar-refractivity contribution is -0.0551. The van der Waals surface area contributed by atoms with Gasteiger partial charge in [-0.15, -0.1) is 24.8 Å². The smallest absolute Gasteiger partial charge is 0.257 e. The summed E-state index contributed by atoms with van der Waals surface area (Å²) in [4.78, 5) is 18.1. The van der Waals surface area contributed by atoms with Crippen LogP contribution in [-0.4, -0.2) is 60.6 Å². The van der Waals surface area contributed by atoms with Crippen LogP contribution in [0.15, 0.2) is 18.2 Å². The van der Waals surface area contributed by atoms with Gasteiger partial charge in [-0.25, -0.2) is 4.39 Å². The zero-order valence-electron chi connectivity index (χ0n) is 17.9. The minimum Gasteiger partial charge on any atom is -0.491 e. The van der Waals surface area contributed by atoms with E-state index in [-0.39, 0.29) is 30.7 Å². The van der Waals surface area contributed by atoms with Crippen molar-refractivity contribution in [1.82, 2.24) is 9.80 Å². The van der Waals surface area contributed by atoms with Crippen molar-refractivity contribution in [2.45, 2.75) is 50.6 Å². The lowest BCUT2D eigenvalue weighted by atomic mass is 9.74. The molecule has 3 heterocycles. The Hall–Kier alpha value is -1.08. The SMILES string of the molecule is Cl.Cl.NCCOc1ccc(F)cc1C(=O)N1C[C@@H]2C[C@H](C1)[C@@H]1CCC[C@H](C3CC3)N1C2. The van der Waals surface area contributed by atoms with E-state index in [1.807, 2.05) is 4.90 Å². The molecule has 1 amide bonds. The molecule has 4 fully saturated rings. The highest BCUT2D eigenvalue weighted by Crippen LogP contribution is 2.46. The third-order valence-electron chi connectivity index (χ3n) is 7.44. The second kappa shape index (κ2) is 10.2. The summed E-state index contributed by atoms with van der Waals surface area (Å²) in [5, 5.41) is 0. The Labute approximate surface area is 196 Å². The number of nitrogens with two attached hydrogens (primary N) is 1. The standard InChI is InChI=1S/C23H32FN3O2.2ClH/c24-18-6-7-22(29-9-8-25)19(11-18)23(28)26-12-15-10-17(14-26)21-3-1-2-20(16-4-5-16)27(21)13-15;;/h6-7,11,15-17,20-21H,1-5,8-10,12-14,25H2;2*1H/t15-,17+,20+,21-;;/m0../s1. The number of halogens is 3. The molecular weight excluding hydrogens is 440 g/mol. The molecule has 0 unspecified atom stereocenters. The van der Waals surface area contributed by atoms with Crippen LogP contribution in [-0.2, 0) is 0 Å². The van der Waals surface area contributed by atoms with Crippen LogP contribution in [0.25, 0.3) is 0 Å². The quantitative estimate of drug-likeness (QED) is 0.707. The Balaban J connectivity index is 0.00000136. The summed E-state index contributed by atoms with van der Waals surface area (Å²) >= 11 is 0. The largest absolute Gasteiger partial charge is 0.491 e. The molecule has 4 aliphatic rings. The first kappa shape index (κ1) is 24.6. The van der Waals surface area contributed by atoms with E-state index in [1.54, 1.807) is 6.07 Å². The van der Waals surface area contributed by atoms with E-state index in [2.05, 4.69) is 4.90 Å². The van der Waals surface area contributed by atoms with Crippen molar-refractivity contribution in [2.24, 2.45) is 23.5 Å². The average molecular weight is 474 g/mol. The maximum Gasteiger partial charge on any atom is 0.257 e. The summed E-state index contributed by atoms with van der Waals surface area (Å²) in [6.07, 6.45) is 7.96. The molecule has 0 aromatic heterocycles. The second-order valence-electron chi connectivity index (χ2n) is 9.45. The molecule has 0 radical (unpaired) electrons. The van der Waals surface area contributed by atoms with Gasteiger partial charge in [0.2, 0.25) is 0 Å². The van der Waals surface area contributed by atoms with Crippen LogP contribution in [0.3, 0.4) is 0 Å². The second-order valence-corrected chi connectivity index (χ2v) is 9.45. The van der Waals surface area contributed by atoms with Gasteiger partial charge < -0.3 is 15.4 Å². The van der Waals surface area contributed by atoms with E-state index < -0.39 is 5.82 Å². The minimum atomic E-state index is -0.406. The predicted octanol–water partition coefficient (Wildman–Crippen LogP) is 3.73. The van der Waals surface area contributed by atoms with Gasteiger partial charge in [-0.2, -0.15) is 0 Å². The number of hydrogen-bond acceptors (Lipinski definition) is 4. The van der Waals surface area contributed by atoms with Gasteiger partial charge >= 0.3 is 0 Å². The molecule has 1 aliphatic carbocycles. The van der Waals surface area contributed by atoms with Crippen LogP contribution in [0.5, 0.6) is 5.75 Å². The lowest BCUT2D eigenvalue weighted by Gasteiger charge is -2.55. The van der Waals surface area contributed by atoms with Crippen LogP contribution in [0.2, 0.25) is 0 Å². The molecule has 0 spiro atoms. The summed E-state index contributed by atoms with van der Waals surface area (Å²) in [5.41, 5.74) is 5.87. The first-order valence-electron chi connectivity index (χ1n) is 11.3. The fourth-order valence-corrected chi connectivity index (χ4v) is 6.13. The number of nitrogens with zero attached hydrogens (tertiary/aromatic N) is 2. The topological polar surface area (TPSA) is 58.8 Å². The van der Waals surface area contributed by atoms with E-state index in [1.165, 1.54) is 50.7 Å². The molecule has 31 heavy (non-hydrogen) atoms. The van der Waals surface area contributed by atoms with E-state index in [9.17, 15) is 9.18 Å². The molecule has 2 N–H and O–H groups in total. The summed E-state index contributed by atoms with van der Waals surface area (Å²) < 4.78 is 19.5. The fourth-order valence-electron chi connectivity index (χ4n) is 6.13. The van der Waals surface area contributed by atoms with Crippen molar-refractivity contribution in [3.63, 3.8) is 0 Å². The van der Waals surface area contributed by atoms with Crippen LogP contribution in [0, 0.1) is 23.6 Å². The van der Waals surface area contributed by atoms with E-state index >= 15 is 0 Å². The Bertz CT molecular complexity index is 779. The molecular formula is C23H34Cl2FN3O2. The zero-order chi connectivity index (χ0) is 20.0. The Morgan fingerprint density at radius 3 is 2.52 bits per heavy atom. The molecule has 5 nitrogen and oxygen atoms in total. The third kappa shape index (κ3) is 4.97. The van der Waals surface area contributed by atoms with Crippen LogP contribution in [0.4, 0.5) is 4.39 Å². The number of amides is 1. The molecule has 1 saturated carbocycles. The van der Waals surface area contributed by atoms with Crippen molar-refractivity contribution in [1.29, 1.82) is 0 Å². The normalized spacial score (nSPS) is 29.9. The number of piperidine rings is 3. The molecule has 4 atom stereocenters. The van der Waals surface area contributed by atoms with Crippen molar-refractivity contribution in [2.75, 3.05) is 32.8 Å². The molecule has 174 valence electrons. The molecule has 3 aliphatic heterocycles. The number of fused-ring (bicyclic) bond motifs is 4. The maximum atomic E-state index is 13.9. The molecule has 3 saturated heterocycles. The Morgan fingerprint density at radius 2 is 1.81 bits per heavy atom. The van der Waals surface area contributed by atoms with Crippen molar-refractivity contribution in [3.05, 3.63) is 29.6 Å². The third-order valence-corrected chi connectivity index (χ3v) is 7.44. The van der Waals surface area contributed by atoms with Crippen molar-refractivity contribution >= 4 is 30.7 Å². The number of carbonyl (C=O) groups excluding carboxylic acids is 1. The summed E-state index contributed by atoms with van der Waals surface area (Å²) in [6, 6.07) is 5.59. The average Bonchev–Trinajstić information content (AvgIpc) is 3.57. The molecule has 5 rings (SSSR count). The van der Waals surface area contributed by atoms with E-state index in [0.717, 1.165) is 31.6 Å². The van der Waals surface area contributed by atoms with Gasteiger partial charge in [-0.1, -0.05) is 6.42 Å². The maximum absolute atomic E-state index is 13.9. The van der Waals surface area contributed by atoms with Crippen molar-refractivity contribution < 1.29 is 13.9 Å². The van der Waals surface area contributed by atoms with Gasteiger partial charge in [0.05, 0.1) is 5.56 Å². The van der Waals surface area contributed by atoms with Gasteiger partial charge in [0.25, 0.3) is 5.91 Å². The number of rotatable bonds is 5. The highest BCUT2D eigenvalue weighted by atomic mass is 35.5. The summed E-state index contributed by atoms with van der Waals surface area (Å²) in [7, 11) is 0. The van der Waals surface area contributed by atoms with Gasteiger partial charge in [0.15, 0.2) is 0 Å². The highest BCUT2D eigenvalue weighted by molar-refractivity contribution is 5.97. The molecule has 1 aromatic rings.